The van der Waals surface area contributed by atoms with Crippen LogP contribution in [0, 0.1) is 5.82 Å². The Labute approximate surface area is 79.8 Å². The van der Waals surface area contributed by atoms with Gasteiger partial charge in [-0.05, 0) is 36.0 Å². The molecule has 1 rings (SSSR count). The van der Waals surface area contributed by atoms with Crippen LogP contribution in [0.25, 0.3) is 0 Å². The molecule has 0 N–H and O–H groups in total. The van der Waals surface area contributed by atoms with Crippen LogP contribution in [-0.4, -0.2) is 0 Å². The van der Waals surface area contributed by atoms with Gasteiger partial charge in [-0.25, -0.2) is 4.39 Å². The first-order valence-electron chi connectivity index (χ1n) is 4.98. The molecule has 0 amide bonds. The third-order valence-corrected chi connectivity index (χ3v) is 2.65. The molecule has 0 aliphatic heterocycles. The highest BCUT2D eigenvalue weighted by Gasteiger charge is 2.10. The van der Waals surface area contributed by atoms with E-state index in [1.807, 2.05) is 13.0 Å². The number of hydrogen-bond donors (Lipinski definition) is 0. The van der Waals surface area contributed by atoms with Gasteiger partial charge in [-0.15, -0.1) is 0 Å². The summed E-state index contributed by atoms with van der Waals surface area (Å²) < 4.78 is 13.3. The molecule has 0 aliphatic rings. The smallest absolute Gasteiger partial charge is 0.126 e. The summed E-state index contributed by atoms with van der Waals surface area (Å²) in [4.78, 5) is 0. The molecule has 0 saturated carbocycles. The minimum absolute atomic E-state index is 0.0553. The lowest BCUT2D eigenvalue weighted by atomic mass is 9.92. The molecule has 1 atom stereocenters. The molecule has 13 heavy (non-hydrogen) atoms. The molecule has 72 valence electrons. The predicted octanol–water partition coefficient (Wildman–Crippen LogP) is 3.90. The first-order valence-corrected chi connectivity index (χ1v) is 4.98. The van der Waals surface area contributed by atoms with Crippen LogP contribution >= 0.6 is 0 Å². The van der Waals surface area contributed by atoms with Crippen LogP contribution < -0.4 is 0 Å². The third kappa shape index (κ3) is 2.09. The quantitative estimate of drug-likeness (QED) is 0.661. The number of benzene rings is 1. The third-order valence-electron chi connectivity index (χ3n) is 2.65. The van der Waals surface area contributed by atoms with E-state index in [4.69, 9.17) is 0 Å². The fourth-order valence-electron chi connectivity index (χ4n) is 1.63. The van der Waals surface area contributed by atoms with Gasteiger partial charge in [0, 0.05) is 0 Å². The van der Waals surface area contributed by atoms with Crippen molar-refractivity contribution < 1.29 is 4.39 Å². The Morgan fingerprint density at radius 2 is 2.00 bits per heavy atom. The molecule has 0 aliphatic carbocycles. The van der Waals surface area contributed by atoms with E-state index in [0.717, 1.165) is 18.4 Å². The van der Waals surface area contributed by atoms with Crippen LogP contribution in [0.2, 0.25) is 0 Å². The van der Waals surface area contributed by atoms with Crippen molar-refractivity contribution in [1.82, 2.24) is 0 Å². The summed E-state index contributed by atoms with van der Waals surface area (Å²) in [5.74, 6) is 0.408. The predicted molar refractivity (Wildman–Crippen MR) is 54.5 cm³/mol. The van der Waals surface area contributed by atoms with Crippen LogP contribution in [0.15, 0.2) is 18.2 Å². The van der Waals surface area contributed by atoms with Crippen molar-refractivity contribution in [3.63, 3.8) is 0 Å². The van der Waals surface area contributed by atoms with E-state index in [9.17, 15) is 4.39 Å². The summed E-state index contributed by atoms with van der Waals surface area (Å²) >= 11 is 0. The Bertz CT molecular complexity index is 278. The molecule has 1 aromatic carbocycles. The summed E-state index contributed by atoms with van der Waals surface area (Å²) in [5.41, 5.74) is 2.06. The Balaban J connectivity index is 3.12. The van der Waals surface area contributed by atoms with Crippen LogP contribution in [0.4, 0.5) is 4.39 Å². The average Bonchev–Trinajstić information content (AvgIpc) is 2.16. The topological polar surface area (TPSA) is 0 Å². The van der Waals surface area contributed by atoms with Crippen LogP contribution in [0.5, 0.6) is 0 Å². The number of hydrogen-bond acceptors (Lipinski definition) is 0. The zero-order valence-corrected chi connectivity index (χ0v) is 8.60. The van der Waals surface area contributed by atoms with Gasteiger partial charge in [0.05, 0.1) is 0 Å². The van der Waals surface area contributed by atoms with Crippen molar-refractivity contribution in [2.24, 2.45) is 0 Å². The Morgan fingerprint density at radius 1 is 1.31 bits per heavy atom. The molecule has 0 spiro atoms. The molecule has 0 saturated heterocycles. The fourth-order valence-corrected chi connectivity index (χ4v) is 1.63. The standard InChI is InChI=1S/C12H17F/c1-4-9(3)11-7-6-8-12(13)10(11)5-2/h6-9H,4-5H2,1-3H3. The van der Waals surface area contributed by atoms with E-state index in [2.05, 4.69) is 13.8 Å². The second-order valence-corrected chi connectivity index (χ2v) is 3.47. The van der Waals surface area contributed by atoms with Gasteiger partial charge < -0.3 is 0 Å². The summed E-state index contributed by atoms with van der Waals surface area (Å²) in [7, 11) is 0. The lowest BCUT2D eigenvalue weighted by Gasteiger charge is -2.14. The van der Waals surface area contributed by atoms with Crippen LogP contribution in [0.3, 0.4) is 0 Å². The molecule has 0 aromatic heterocycles. The van der Waals surface area contributed by atoms with E-state index in [1.165, 1.54) is 5.56 Å². The zero-order valence-electron chi connectivity index (χ0n) is 8.60. The van der Waals surface area contributed by atoms with Crippen LogP contribution in [-0.2, 0) is 6.42 Å². The summed E-state index contributed by atoms with van der Waals surface area (Å²) in [5, 5.41) is 0. The lowest BCUT2D eigenvalue weighted by Crippen LogP contribution is -2.00. The second-order valence-electron chi connectivity index (χ2n) is 3.47. The van der Waals surface area contributed by atoms with Crippen molar-refractivity contribution >= 4 is 0 Å². The Kier molecular flexibility index (Phi) is 3.47. The monoisotopic (exact) mass is 180 g/mol. The first-order chi connectivity index (χ1) is 6.20. The number of halogens is 1. The van der Waals surface area contributed by atoms with Gasteiger partial charge in [0.15, 0.2) is 0 Å². The molecule has 0 radical (unpaired) electrons. The Morgan fingerprint density at radius 3 is 2.54 bits per heavy atom. The van der Waals surface area contributed by atoms with Gasteiger partial charge in [0.1, 0.15) is 5.82 Å². The molecule has 1 aromatic rings. The summed E-state index contributed by atoms with van der Waals surface area (Å²) in [6.07, 6.45) is 1.85. The fraction of sp³-hybridized carbons (Fsp3) is 0.500. The van der Waals surface area contributed by atoms with E-state index in [1.54, 1.807) is 12.1 Å². The van der Waals surface area contributed by atoms with Gasteiger partial charge in [0.25, 0.3) is 0 Å². The summed E-state index contributed by atoms with van der Waals surface area (Å²) in [6, 6.07) is 5.39. The van der Waals surface area contributed by atoms with Crippen molar-refractivity contribution in [2.45, 2.75) is 39.5 Å². The molecule has 1 unspecified atom stereocenters. The first kappa shape index (κ1) is 10.2. The van der Waals surface area contributed by atoms with Crippen LogP contribution in [0.1, 0.15) is 44.2 Å². The average molecular weight is 180 g/mol. The van der Waals surface area contributed by atoms with Crippen molar-refractivity contribution in [2.75, 3.05) is 0 Å². The maximum absolute atomic E-state index is 13.3. The van der Waals surface area contributed by atoms with Gasteiger partial charge in [-0.3, -0.25) is 0 Å². The Hall–Kier alpha value is -0.850. The highest BCUT2D eigenvalue weighted by atomic mass is 19.1. The normalized spacial score (nSPS) is 12.9. The van der Waals surface area contributed by atoms with Gasteiger partial charge in [-0.2, -0.15) is 0 Å². The van der Waals surface area contributed by atoms with Crippen molar-refractivity contribution in [1.29, 1.82) is 0 Å². The lowest BCUT2D eigenvalue weighted by molar-refractivity contribution is 0.600. The summed E-state index contributed by atoms with van der Waals surface area (Å²) in [6.45, 7) is 6.28. The van der Waals surface area contributed by atoms with E-state index < -0.39 is 0 Å². The van der Waals surface area contributed by atoms with Crippen molar-refractivity contribution in [3.8, 4) is 0 Å². The van der Waals surface area contributed by atoms with E-state index in [-0.39, 0.29) is 5.82 Å². The molecular formula is C12H17F. The minimum Gasteiger partial charge on any atom is -0.207 e. The maximum Gasteiger partial charge on any atom is 0.126 e. The SMILES string of the molecule is CCc1c(F)cccc1C(C)CC. The second kappa shape index (κ2) is 4.40. The number of rotatable bonds is 3. The zero-order chi connectivity index (χ0) is 9.84. The van der Waals surface area contributed by atoms with E-state index in [0.29, 0.717) is 5.92 Å². The molecule has 1 heteroatoms. The minimum atomic E-state index is -0.0553. The molecule has 0 fully saturated rings. The molecule has 0 nitrogen and oxygen atoms in total. The largest absolute Gasteiger partial charge is 0.207 e. The van der Waals surface area contributed by atoms with Gasteiger partial charge in [-0.1, -0.05) is 32.9 Å². The maximum atomic E-state index is 13.3. The van der Waals surface area contributed by atoms with Gasteiger partial charge in [0.2, 0.25) is 0 Å². The molecule has 0 bridgehead atoms. The van der Waals surface area contributed by atoms with Gasteiger partial charge >= 0.3 is 0 Å². The highest BCUT2D eigenvalue weighted by molar-refractivity contribution is 5.31. The van der Waals surface area contributed by atoms with E-state index >= 15 is 0 Å². The molecular weight excluding hydrogens is 163 g/mol. The highest BCUT2D eigenvalue weighted by Crippen LogP contribution is 2.24. The molecule has 0 heterocycles. The van der Waals surface area contributed by atoms with Crippen molar-refractivity contribution in [3.05, 3.63) is 35.1 Å².